The van der Waals surface area contributed by atoms with Crippen molar-refractivity contribution in [2.75, 3.05) is 40.8 Å². The molecule has 0 atom stereocenters. The van der Waals surface area contributed by atoms with Crippen molar-refractivity contribution in [1.82, 2.24) is 0 Å². The molecule has 0 aromatic rings. The molecule has 4 saturated heterocycles. The first-order chi connectivity index (χ1) is 20.4. The fraction of sp³-hybridized carbons (Fsp3) is 1.00. The maximum atomic E-state index is 10.7. The molecule has 278 valence electrons. The summed E-state index contributed by atoms with van der Waals surface area (Å²) < 4.78 is 118. The van der Waals surface area contributed by atoms with Crippen LogP contribution in [0.5, 0.6) is 0 Å². The van der Waals surface area contributed by atoms with Gasteiger partial charge >= 0.3 is 31.4 Å². The Morgan fingerprint density at radius 1 is 0.511 bits per heavy atom. The molecular weight excluding hydrogens is 795 g/mol. The summed E-state index contributed by atoms with van der Waals surface area (Å²) in [5.74, 6) is 0. The zero-order valence-electron chi connectivity index (χ0n) is 25.8. The first-order valence-electron chi connectivity index (χ1n) is 14.0. The molecule has 0 unspecified atom stereocenters. The molecule has 0 radical (unpaired) electrons. The van der Waals surface area contributed by atoms with Crippen LogP contribution in [-0.4, -0.2) is 121 Å². The minimum absolute atomic E-state index is 0. The standard InChI is InChI=1S/C18H32P2.2CHF3O3S.4CH4O.Pd/c1-5-15-7-2-8-16(6-1)19(15)13-14-20-17-9-3-10-18(20)12-4-11-17;2*2-1(3,4)8(5,6)7;4*1-2;/h15-18H,1-14H2;2*(H,5,6,7);4*2H,1H3;/q;;;;;;;+2. The Labute approximate surface area is 279 Å². The third-order valence-electron chi connectivity index (χ3n) is 7.79. The van der Waals surface area contributed by atoms with Gasteiger partial charge < -0.3 is 29.5 Å². The third kappa shape index (κ3) is 20.1. The number of rotatable bonds is 3. The monoisotopic (exact) mass is 844 g/mol. The molecule has 21 heteroatoms. The van der Waals surface area contributed by atoms with E-state index in [4.69, 9.17) is 46.4 Å². The quantitative estimate of drug-likeness (QED) is 0.105. The molecule has 4 aliphatic rings. The number of halogens is 6. The summed E-state index contributed by atoms with van der Waals surface area (Å²) in [4.78, 5) is 0. The molecule has 0 amide bonds. The molecule has 0 spiro atoms. The van der Waals surface area contributed by atoms with Gasteiger partial charge in [-0.1, -0.05) is 0 Å². The second-order valence-corrected chi connectivity index (χ2v) is 19.3. The summed E-state index contributed by atoms with van der Waals surface area (Å²) in [6.07, 6.45) is 23.0. The van der Waals surface area contributed by atoms with Gasteiger partial charge in [0.25, 0.3) is 0 Å². The molecule has 0 aromatic carbocycles. The zero-order valence-corrected chi connectivity index (χ0v) is 31.0. The summed E-state index contributed by atoms with van der Waals surface area (Å²) >= 11 is 0. The van der Waals surface area contributed by atoms with Gasteiger partial charge in [-0.15, -0.1) is 0 Å². The maximum Gasteiger partial charge on any atom is 2.00 e. The number of alkyl halides is 6. The van der Waals surface area contributed by atoms with Crippen LogP contribution < -0.4 is 0 Å². The van der Waals surface area contributed by atoms with E-state index in [-0.39, 0.29) is 36.3 Å². The van der Waals surface area contributed by atoms with E-state index in [1.807, 2.05) is 0 Å². The molecule has 10 nitrogen and oxygen atoms in total. The van der Waals surface area contributed by atoms with E-state index in [1.54, 1.807) is 89.4 Å². The zero-order chi connectivity index (χ0) is 35.4. The average Bonchev–Trinajstić information content (AvgIpc) is 2.94. The molecule has 45 heavy (non-hydrogen) atoms. The SMILES string of the molecule is C1CC2CCCC(C1)[PH+]2CC[PH+]1C2CCCC1CCC2.CO.CO.CO.CO.O=S(=O)([O-])C(F)(F)F.O=S(=O)([O-])C(F)(F)F.[Pd+2]. The van der Waals surface area contributed by atoms with Gasteiger partial charge in [-0.3, -0.25) is 0 Å². The van der Waals surface area contributed by atoms with Crippen LogP contribution in [0, 0.1) is 0 Å². The largest absolute Gasteiger partial charge is 2.00 e. The van der Waals surface area contributed by atoms with E-state index < -0.39 is 31.3 Å². The Balaban J connectivity index is -0.000000285. The van der Waals surface area contributed by atoms with Crippen LogP contribution in [0.1, 0.15) is 77.0 Å². The van der Waals surface area contributed by atoms with E-state index in [9.17, 15) is 26.3 Å². The molecule has 0 saturated carbocycles. The van der Waals surface area contributed by atoms with E-state index in [0.717, 1.165) is 28.4 Å². The van der Waals surface area contributed by atoms with Crippen LogP contribution in [0.15, 0.2) is 0 Å². The predicted molar refractivity (Wildman–Crippen MR) is 161 cm³/mol. The second-order valence-electron chi connectivity index (χ2n) is 9.96. The van der Waals surface area contributed by atoms with E-state index >= 15 is 0 Å². The van der Waals surface area contributed by atoms with Crippen molar-refractivity contribution in [3.8, 4) is 0 Å². The molecule has 0 aliphatic carbocycles. The topological polar surface area (TPSA) is 195 Å². The number of fused-ring (bicyclic) bond motifs is 4. The Morgan fingerprint density at radius 2 is 0.644 bits per heavy atom. The molecule has 0 aromatic heterocycles. The van der Waals surface area contributed by atoms with Crippen molar-refractivity contribution < 1.29 is 93.1 Å². The second kappa shape index (κ2) is 26.6. The fourth-order valence-electron chi connectivity index (χ4n) is 6.27. The van der Waals surface area contributed by atoms with Crippen LogP contribution in [-0.2, 0) is 40.7 Å². The van der Waals surface area contributed by atoms with Gasteiger partial charge in [0.05, 0.1) is 35.0 Å². The van der Waals surface area contributed by atoms with Gasteiger partial charge in [0.1, 0.15) is 0 Å². The Bertz CT molecular complexity index is 814. The normalized spacial score (nSPS) is 26.8. The van der Waals surface area contributed by atoms with Gasteiger partial charge in [-0.25, -0.2) is 16.8 Å². The van der Waals surface area contributed by atoms with Crippen LogP contribution in [0.4, 0.5) is 26.3 Å². The van der Waals surface area contributed by atoms with Crippen LogP contribution in [0.3, 0.4) is 0 Å². The summed E-state index contributed by atoms with van der Waals surface area (Å²) in [5, 5.41) is 28.0. The van der Waals surface area contributed by atoms with Gasteiger partial charge in [0, 0.05) is 44.3 Å². The maximum absolute atomic E-state index is 10.7. The molecular formula is C24H50F6O10P2PdS2+2. The van der Waals surface area contributed by atoms with Gasteiger partial charge in [0.15, 0.2) is 20.2 Å². The van der Waals surface area contributed by atoms with Crippen molar-refractivity contribution in [3.05, 3.63) is 0 Å². The number of hydrogen-bond donors (Lipinski definition) is 4. The van der Waals surface area contributed by atoms with Crippen LogP contribution >= 0.6 is 15.8 Å². The summed E-state index contributed by atoms with van der Waals surface area (Å²) in [6, 6.07) is 0. The number of aliphatic hydroxyl groups excluding tert-OH is 4. The van der Waals surface area contributed by atoms with Gasteiger partial charge in [0.2, 0.25) is 0 Å². The number of aliphatic hydroxyl groups is 4. The first-order valence-corrected chi connectivity index (χ1v) is 20.5. The third-order valence-corrected chi connectivity index (χ3v) is 17.6. The van der Waals surface area contributed by atoms with Crippen molar-refractivity contribution in [2.45, 2.75) is 111 Å². The summed E-state index contributed by atoms with van der Waals surface area (Å²) in [7, 11) is -8.04. The van der Waals surface area contributed by atoms with Crippen molar-refractivity contribution in [1.29, 1.82) is 0 Å². The summed E-state index contributed by atoms with van der Waals surface area (Å²) in [5.41, 5.74) is -6.24. The smallest absolute Gasteiger partial charge is 0.741 e. The van der Waals surface area contributed by atoms with Crippen molar-refractivity contribution in [3.63, 3.8) is 0 Å². The van der Waals surface area contributed by atoms with Gasteiger partial charge in [-0.05, 0) is 77.0 Å². The molecule has 4 aliphatic heterocycles. The van der Waals surface area contributed by atoms with Crippen LogP contribution in [0.2, 0.25) is 0 Å². The average molecular weight is 845 g/mol. The van der Waals surface area contributed by atoms with E-state index in [1.165, 1.54) is 22.6 Å². The molecule has 4 N–H and O–H groups in total. The molecule has 4 fully saturated rings. The molecule has 4 heterocycles. The van der Waals surface area contributed by atoms with E-state index in [2.05, 4.69) is 0 Å². The van der Waals surface area contributed by atoms with Crippen molar-refractivity contribution >= 4 is 36.1 Å². The Hall–Kier alpha value is 0.762. The molecule has 4 bridgehead atoms. The van der Waals surface area contributed by atoms with Crippen molar-refractivity contribution in [2.24, 2.45) is 0 Å². The first kappa shape index (κ1) is 52.6. The minimum Gasteiger partial charge on any atom is -0.741 e. The Morgan fingerprint density at radius 3 is 0.756 bits per heavy atom. The van der Waals surface area contributed by atoms with Crippen LogP contribution in [0.25, 0.3) is 0 Å². The Kier molecular flexibility index (Phi) is 31.1. The summed E-state index contributed by atoms with van der Waals surface area (Å²) in [6.45, 7) is 0. The molecule has 4 rings (SSSR count). The fourth-order valence-corrected chi connectivity index (χ4v) is 16.2. The predicted octanol–water partition coefficient (Wildman–Crippen LogP) is 4.16. The number of hydrogen-bond acceptors (Lipinski definition) is 10. The minimum atomic E-state index is -6.09. The van der Waals surface area contributed by atoms with Gasteiger partial charge in [-0.2, -0.15) is 26.3 Å². The van der Waals surface area contributed by atoms with E-state index in [0.29, 0.717) is 0 Å².